The summed E-state index contributed by atoms with van der Waals surface area (Å²) in [6.07, 6.45) is 2.33. The van der Waals surface area contributed by atoms with Crippen LogP contribution in [0.4, 0.5) is 0 Å². The highest BCUT2D eigenvalue weighted by Crippen LogP contribution is 2.37. The van der Waals surface area contributed by atoms with Gasteiger partial charge in [0.05, 0.1) is 6.42 Å². The van der Waals surface area contributed by atoms with Gasteiger partial charge in [-0.15, -0.1) is 0 Å². The fourth-order valence-electron chi connectivity index (χ4n) is 2.59. The van der Waals surface area contributed by atoms with Crippen molar-refractivity contribution in [3.63, 3.8) is 0 Å². The molecule has 1 heteroatoms. The third-order valence-corrected chi connectivity index (χ3v) is 3.39. The number of rotatable bonds is 0. The lowest BCUT2D eigenvalue weighted by molar-refractivity contribution is -0.393. The molecule has 1 aliphatic heterocycles. The molecule has 1 nitrogen and oxygen atoms in total. The summed E-state index contributed by atoms with van der Waals surface area (Å²) in [5.41, 5.74) is 7.49. The Bertz CT molecular complexity index is 478. The third kappa shape index (κ3) is 0.872. The molecular weight excluding hydrogens is 170 g/mol. The number of hydrogen-bond donors (Lipinski definition) is 0. The van der Waals surface area contributed by atoms with Crippen molar-refractivity contribution in [3.05, 3.63) is 41.0 Å². The number of benzene rings is 1. The summed E-state index contributed by atoms with van der Waals surface area (Å²) in [5, 5.41) is 0. The van der Waals surface area contributed by atoms with E-state index in [1.54, 1.807) is 5.57 Å². The van der Waals surface area contributed by atoms with Gasteiger partial charge in [0.1, 0.15) is 7.05 Å². The molecule has 0 bridgehead atoms. The van der Waals surface area contributed by atoms with Crippen molar-refractivity contribution in [1.29, 1.82) is 0 Å². The van der Waals surface area contributed by atoms with Crippen LogP contribution in [-0.2, 0) is 6.42 Å². The molecule has 1 aromatic carbocycles. The van der Waals surface area contributed by atoms with E-state index in [0.717, 1.165) is 6.42 Å². The van der Waals surface area contributed by atoms with E-state index in [-0.39, 0.29) is 0 Å². The molecule has 0 saturated carbocycles. The summed E-state index contributed by atoms with van der Waals surface area (Å²) >= 11 is 0. The van der Waals surface area contributed by atoms with E-state index in [9.17, 15) is 0 Å². The maximum absolute atomic E-state index is 2.35. The fourth-order valence-corrected chi connectivity index (χ4v) is 2.59. The fraction of sp³-hybridized carbons (Fsp3) is 0.308. The first-order valence-electron chi connectivity index (χ1n) is 5.14. The van der Waals surface area contributed by atoms with Crippen LogP contribution in [0.2, 0.25) is 0 Å². The van der Waals surface area contributed by atoms with Gasteiger partial charge >= 0.3 is 0 Å². The van der Waals surface area contributed by atoms with Gasteiger partial charge in [0.25, 0.3) is 0 Å². The maximum atomic E-state index is 2.35. The highest BCUT2D eigenvalue weighted by molar-refractivity contribution is 5.90. The molecule has 14 heavy (non-hydrogen) atoms. The van der Waals surface area contributed by atoms with Crippen LogP contribution in [0.3, 0.4) is 0 Å². The Morgan fingerprint density at radius 2 is 1.93 bits per heavy atom. The highest BCUT2D eigenvalue weighted by Gasteiger charge is 2.34. The largest absolute Gasteiger partial charge is 0.212 e. The minimum Gasteiger partial charge on any atom is -0.202 e. The Kier molecular flexibility index (Phi) is 1.46. The zero-order valence-electron chi connectivity index (χ0n) is 8.67. The summed E-state index contributed by atoms with van der Waals surface area (Å²) < 4.78 is 2.35. The first-order valence-corrected chi connectivity index (χ1v) is 5.14. The third-order valence-electron chi connectivity index (χ3n) is 3.39. The minimum atomic E-state index is 1.16. The van der Waals surface area contributed by atoms with Gasteiger partial charge in [0.15, 0.2) is 5.71 Å². The number of fused-ring (bicyclic) bond motifs is 2. The quantitative estimate of drug-likeness (QED) is 0.545. The van der Waals surface area contributed by atoms with Crippen LogP contribution < -0.4 is 0 Å². The second-order valence-electron chi connectivity index (χ2n) is 4.26. The second kappa shape index (κ2) is 2.57. The molecule has 70 valence electrons. The van der Waals surface area contributed by atoms with Crippen molar-refractivity contribution in [2.45, 2.75) is 19.8 Å². The molecule has 1 aliphatic carbocycles. The highest BCUT2D eigenvalue weighted by atomic mass is 15.0. The van der Waals surface area contributed by atoms with E-state index in [4.69, 9.17) is 0 Å². The molecule has 0 fully saturated rings. The second-order valence-corrected chi connectivity index (χ2v) is 4.26. The summed E-state index contributed by atoms with van der Waals surface area (Å²) in [6.45, 7) is 2.22. The van der Waals surface area contributed by atoms with E-state index < -0.39 is 0 Å². The lowest BCUT2D eigenvalue weighted by atomic mass is 10.1. The van der Waals surface area contributed by atoms with Crippen LogP contribution in [0.25, 0.3) is 5.70 Å². The maximum Gasteiger partial charge on any atom is 0.212 e. The van der Waals surface area contributed by atoms with Gasteiger partial charge in [0, 0.05) is 24.5 Å². The summed E-state index contributed by atoms with van der Waals surface area (Å²) in [7, 11) is 2.18. The smallest absolute Gasteiger partial charge is 0.202 e. The molecule has 3 rings (SSSR count). The van der Waals surface area contributed by atoms with Gasteiger partial charge in [-0.3, -0.25) is 0 Å². The normalized spacial score (nSPS) is 19.0. The van der Waals surface area contributed by atoms with Crippen LogP contribution in [0.15, 0.2) is 29.8 Å². The monoisotopic (exact) mass is 184 g/mol. The van der Waals surface area contributed by atoms with E-state index in [0.29, 0.717) is 0 Å². The van der Waals surface area contributed by atoms with E-state index in [2.05, 4.69) is 42.8 Å². The van der Waals surface area contributed by atoms with Gasteiger partial charge in [-0.05, 0) is 11.6 Å². The van der Waals surface area contributed by atoms with E-state index in [1.165, 1.54) is 29.0 Å². The molecule has 0 N–H and O–H groups in total. The number of nitrogens with zero attached hydrogens (tertiary/aromatic N) is 1. The number of allylic oxidation sites excluding steroid dienone is 1. The van der Waals surface area contributed by atoms with Crippen molar-refractivity contribution in [2.75, 3.05) is 7.05 Å². The molecule has 0 spiro atoms. The predicted molar refractivity (Wildman–Crippen MR) is 58.5 cm³/mol. The average molecular weight is 184 g/mol. The zero-order valence-corrected chi connectivity index (χ0v) is 8.67. The Balaban J connectivity index is 2.21. The standard InChI is InChI=1S/C13H14N/c1-9-7-11-8-10-5-3-4-6-12(10)13(11)14(9)2/h3-6H,7-8H2,1-2H3/q+1. The molecule has 2 aliphatic rings. The molecule has 1 heterocycles. The first kappa shape index (κ1) is 7.98. The molecule has 0 aromatic heterocycles. The van der Waals surface area contributed by atoms with Crippen molar-refractivity contribution in [2.24, 2.45) is 0 Å². The van der Waals surface area contributed by atoms with Crippen molar-refractivity contribution >= 4 is 11.4 Å². The van der Waals surface area contributed by atoms with Crippen molar-refractivity contribution in [3.8, 4) is 0 Å². The first-order chi connectivity index (χ1) is 6.77. The summed E-state index contributed by atoms with van der Waals surface area (Å²) in [4.78, 5) is 0. The van der Waals surface area contributed by atoms with Gasteiger partial charge in [0.2, 0.25) is 5.70 Å². The molecule has 0 saturated heterocycles. The SMILES string of the molecule is CC1=[N+](C)C2=C(C1)Cc1ccccc12. The predicted octanol–water partition coefficient (Wildman–Crippen LogP) is 2.46. The molecule has 1 aromatic rings. The Labute approximate surface area is 84.4 Å². The lowest BCUT2D eigenvalue weighted by Crippen LogP contribution is -2.07. The van der Waals surface area contributed by atoms with E-state index >= 15 is 0 Å². The Hall–Kier alpha value is -1.37. The molecule has 0 radical (unpaired) electrons. The van der Waals surface area contributed by atoms with Gasteiger partial charge in [-0.2, -0.15) is 0 Å². The zero-order chi connectivity index (χ0) is 9.71. The van der Waals surface area contributed by atoms with Gasteiger partial charge in [-0.1, -0.05) is 18.2 Å². The van der Waals surface area contributed by atoms with Crippen LogP contribution >= 0.6 is 0 Å². The topological polar surface area (TPSA) is 3.01 Å². The Morgan fingerprint density at radius 3 is 2.79 bits per heavy atom. The van der Waals surface area contributed by atoms with Gasteiger partial charge < -0.3 is 0 Å². The van der Waals surface area contributed by atoms with Crippen LogP contribution in [0.5, 0.6) is 0 Å². The molecule has 0 unspecified atom stereocenters. The molecular formula is C13H14N+. The average Bonchev–Trinajstić information content (AvgIpc) is 2.65. The summed E-state index contributed by atoms with van der Waals surface area (Å²) in [5.74, 6) is 0. The van der Waals surface area contributed by atoms with E-state index in [1.807, 2.05) is 0 Å². The van der Waals surface area contributed by atoms with Gasteiger partial charge in [-0.25, -0.2) is 4.58 Å². The summed E-state index contributed by atoms with van der Waals surface area (Å²) in [6, 6.07) is 8.76. The van der Waals surface area contributed by atoms with Crippen LogP contribution in [0.1, 0.15) is 24.5 Å². The lowest BCUT2D eigenvalue weighted by Gasteiger charge is -2.01. The van der Waals surface area contributed by atoms with Crippen LogP contribution in [-0.4, -0.2) is 17.3 Å². The van der Waals surface area contributed by atoms with Crippen molar-refractivity contribution in [1.82, 2.24) is 0 Å². The number of hydrogen-bond acceptors (Lipinski definition) is 0. The molecule has 0 amide bonds. The minimum absolute atomic E-state index is 1.16. The Morgan fingerprint density at radius 1 is 1.14 bits per heavy atom. The van der Waals surface area contributed by atoms with Crippen LogP contribution in [0, 0.1) is 0 Å². The molecule has 0 atom stereocenters. The van der Waals surface area contributed by atoms with Crippen molar-refractivity contribution < 1.29 is 4.58 Å².